The van der Waals surface area contributed by atoms with Gasteiger partial charge in [-0.3, -0.25) is 14.9 Å². The molecule has 0 aliphatic rings. The molecule has 36 heavy (non-hydrogen) atoms. The minimum atomic E-state index is -3.87. The summed E-state index contributed by atoms with van der Waals surface area (Å²) in [7, 11) is -3.87. The Hall–Kier alpha value is -4.16. The third-order valence-corrected chi connectivity index (χ3v) is 7.30. The number of thiazole rings is 1. The molecule has 0 aliphatic carbocycles. The smallest absolute Gasteiger partial charge is 0.338 e. The van der Waals surface area contributed by atoms with Crippen LogP contribution in [-0.2, 0) is 19.4 Å². The maximum Gasteiger partial charge on any atom is 0.338 e. The topological polar surface area (TPSA) is 146 Å². The fourth-order valence-electron chi connectivity index (χ4n) is 3.36. The fraction of sp³-hybridized carbons (Fsp3) is 0.125. The molecule has 1 N–H and O–H groups in total. The van der Waals surface area contributed by atoms with Crippen molar-refractivity contribution in [3.8, 4) is 10.6 Å². The van der Waals surface area contributed by atoms with Crippen molar-refractivity contribution in [1.82, 2.24) is 4.98 Å². The van der Waals surface area contributed by atoms with Crippen molar-refractivity contribution in [2.24, 2.45) is 0 Å². The highest BCUT2D eigenvalue weighted by Gasteiger charge is 2.24. The van der Waals surface area contributed by atoms with Crippen LogP contribution < -0.4 is 5.32 Å². The molecule has 3 aromatic carbocycles. The third kappa shape index (κ3) is 5.56. The van der Waals surface area contributed by atoms with Crippen molar-refractivity contribution in [2.45, 2.75) is 11.8 Å². The van der Waals surface area contributed by atoms with Crippen molar-refractivity contribution in [3.05, 3.63) is 81.9 Å². The molecule has 0 bridgehead atoms. The van der Waals surface area contributed by atoms with Crippen LogP contribution in [0.2, 0.25) is 0 Å². The van der Waals surface area contributed by atoms with E-state index in [1.54, 1.807) is 23.5 Å². The number of nitro groups is 1. The first kappa shape index (κ1) is 24.9. The number of amides is 1. The van der Waals surface area contributed by atoms with E-state index in [2.05, 4.69) is 16.4 Å². The van der Waals surface area contributed by atoms with E-state index in [1.165, 1.54) is 0 Å². The lowest BCUT2D eigenvalue weighted by Crippen LogP contribution is -2.21. The number of benzene rings is 3. The number of nitrogens with zero attached hydrogens (tertiary/aromatic N) is 2. The van der Waals surface area contributed by atoms with Gasteiger partial charge >= 0.3 is 5.97 Å². The van der Waals surface area contributed by atoms with E-state index < -0.39 is 43.8 Å². The first-order valence-corrected chi connectivity index (χ1v) is 13.1. The van der Waals surface area contributed by atoms with Crippen LogP contribution in [0.1, 0.15) is 15.9 Å². The number of ether oxygens (including phenoxy) is 1. The zero-order chi connectivity index (χ0) is 26.0. The van der Waals surface area contributed by atoms with E-state index in [4.69, 9.17) is 4.74 Å². The second-order valence-electron chi connectivity index (χ2n) is 7.90. The second-order valence-corrected chi connectivity index (χ2v) is 10.9. The molecule has 0 fully saturated rings. The summed E-state index contributed by atoms with van der Waals surface area (Å²) < 4.78 is 29.4. The Balaban J connectivity index is 1.38. The number of rotatable bonds is 7. The van der Waals surface area contributed by atoms with Crippen LogP contribution in [0.25, 0.3) is 20.8 Å². The lowest BCUT2D eigenvalue weighted by molar-refractivity contribution is -0.387. The summed E-state index contributed by atoms with van der Waals surface area (Å²) in [6.07, 6.45) is 0.823. The summed E-state index contributed by atoms with van der Waals surface area (Å²) >= 11 is 1.57. The number of hydrogen-bond acceptors (Lipinski definition) is 9. The molecule has 0 aliphatic heterocycles. The van der Waals surface area contributed by atoms with E-state index in [0.717, 1.165) is 50.8 Å². The number of aromatic nitrogens is 1. The van der Waals surface area contributed by atoms with Crippen LogP contribution in [0.15, 0.2) is 65.6 Å². The van der Waals surface area contributed by atoms with Gasteiger partial charge in [0.15, 0.2) is 16.4 Å². The molecule has 0 unspecified atom stereocenters. The summed E-state index contributed by atoms with van der Waals surface area (Å²) in [5.41, 5.74) is 2.43. The number of anilines is 1. The quantitative estimate of drug-likeness (QED) is 0.213. The number of aryl methyl sites for hydroxylation is 1. The number of nitrogens with one attached hydrogen (secondary N) is 1. The second kappa shape index (κ2) is 9.84. The average molecular weight is 526 g/mol. The largest absolute Gasteiger partial charge is 0.452 e. The number of carbonyl (C=O) groups is 2. The molecule has 1 heterocycles. The van der Waals surface area contributed by atoms with Crippen LogP contribution in [0.5, 0.6) is 0 Å². The highest BCUT2D eigenvalue weighted by atomic mass is 32.2. The van der Waals surface area contributed by atoms with Gasteiger partial charge in [-0.15, -0.1) is 11.3 Å². The Morgan fingerprint density at radius 1 is 1.08 bits per heavy atom. The molecule has 0 spiro atoms. The first-order valence-electron chi connectivity index (χ1n) is 10.4. The average Bonchev–Trinajstić information content (AvgIpc) is 3.25. The molecule has 10 nitrogen and oxygen atoms in total. The monoisotopic (exact) mass is 525 g/mol. The zero-order valence-corrected chi connectivity index (χ0v) is 20.7. The van der Waals surface area contributed by atoms with Crippen molar-refractivity contribution in [3.63, 3.8) is 0 Å². The van der Waals surface area contributed by atoms with Gasteiger partial charge < -0.3 is 10.1 Å². The molecule has 12 heteroatoms. The lowest BCUT2D eigenvalue weighted by Gasteiger charge is -2.08. The molecule has 4 rings (SSSR count). The Labute approximate surface area is 209 Å². The van der Waals surface area contributed by atoms with Gasteiger partial charge in [0.1, 0.15) is 9.90 Å². The minimum absolute atomic E-state index is 0.253. The summed E-state index contributed by atoms with van der Waals surface area (Å²) in [4.78, 5) is 38.9. The molecule has 0 saturated carbocycles. The zero-order valence-electron chi connectivity index (χ0n) is 19.0. The molecule has 1 amide bonds. The highest BCUT2D eigenvalue weighted by molar-refractivity contribution is 7.90. The van der Waals surface area contributed by atoms with E-state index in [-0.39, 0.29) is 5.56 Å². The van der Waals surface area contributed by atoms with Crippen molar-refractivity contribution >= 4 is 54.6 Å². The number of hydrogen-bond donors (Lipinski definition) is 1. The van der Waals surface area contributed by atoms with Gasteiger partial charge in [-0.2, -0.15) is 0 Å². The maximum atomic E-state index is 12.3. The van der Waals surface area contributed by atoms with Crippen LogP contribution in [0.3, 0.4) is 0 Å². The van der Waals surface area contributed by atoms with Gasteiger partial charge in [0.2, 0.25) is 0 Å². The van der Waals surface area contributed by atoms with Gasteiger partial charge in [-0.05, 0) is 61.0 Å². The SMILES string of the molecule is Cc1ccc2nc(-c3ccc(NC(=O)COC(=O)c4ccc(S(C)(=O)=O)c([N+](=O)[O-])c4)cc3)sc2c1. The molecular weight excluding hydrogens is 506 g/mol. The summed E-state index contributed by atoms with van der Waals surface area (Å²) in [5, 5.41) is 14.7. The van der Waals surface area contributed by atoms with E-state index in [9.17, 15) is 28.1 Å². The molecule has 184 valence electrons. The Bertz CT molecular complexity index is 1610. The van der Waals surface area contributed by atoms with Gasteiger partial charge in [0, 0.05) is 23.6 Å². The standard InChI is InChI=1S/C24H19N3O7S2/c1-14-3-9-18-20(11-14)35-23(26-18)15-4-7-17(8-5-15)25-22(28)13-34-24(29)16-6-10-21(36(2,32)33)19(12-16)27(30)31/h3-12H,13H2,1-2H3,(H,25,28). The van der Waals surface area contributed by atoms with Crippen LogP contribution in [0, 0.1) is 17.0 Å². The number of fused-ring (bicyclic) bond motifs is 1. The van der Waals surface area contributed by atoms with Gasteiger partial charge in [-0.25, -0.2) is 18.2 Å². The van der Waals surface area contributed by atoms with Crippen LogP contribution in [0.4, 0.5) is 11.4 Å². The Morgan fingerprint density at radius 2 is 1.81 bits per heavy atom. The number of sulfone groups is 1. The Kier molecular flexibility index (Phi) is 6.82. The van der Waals surface area contributed by atoms with Gasteiger partial charge in [0.05, 0.1) is 20.7 Å². The van der Waals surface area contributed by atoms with Crippen LogP contribution in [-0.4, -0.2) is 43.1 Å². The number of nitro benzene ring substituents is 1. The molecule has 1 aromatic heterocycles. The number of esters is 1. The minimum Gasteiger partial charge on any atom is -0.452 e. The van der Waals surface area contributed by atoms with Crippen molar-refractivity contribution in [1.29, 1.82) is 0 Å². The maximum absolute atomic E-state index is 12.3. The third-order valence-electron chi connectivity index (χ3n) is 5.08. The highest BCUT2D eigenvalue weighted by Crippen LogP contribution is 2.31. The van der Waals surface area contributed by atoms with E-state index >= 15 is 0 Å². The van der Waals surface area contributed by atoms with E-state index in [1.807, 2.05) is 31.2 Å². The predicted octanol–water partition coefficient (Wildman–Crippen LogP) is 4.38. The normalized spacial score (nSPS) is 11.3. The fourth-order valence-corrected chi connectivity index (χ4v) is 5.26. The molecule has 4 aromatic rings. The predicted molar refractivity (Wildman–Crippen MR) is 135 cm³/mol. The molecular formula is C24H19N3O7S2. The Morgan fingerprint density at radius 3 is 2.47 bits per heavy atom. The molecule has 0 atom stereocenters. The molecule has 0 saturated heterocycles. The van der Waals surface area contributed by atoms with Crippen molar-refractivity contribution < 1.29 is 27.7 Å². The number of carbonyl (C=O) groups excluding carboxylic acids is 2. The summed E-state index contributed by atoms with van der Waals surface area (Å²) in [6.45, 7) is 1.38. The summed E-state index contributed by atoms with van der Waals surface area (Å²) in [5.74, 6) is -1.62. The summed E-state index contributed by atoms with van der Waals surface area (Å²) in [6, 6.07) is 15.9. The van der Waals surface area contributed by atoms with Crippen LogP contribution >= 0.6 is 11.3 Å². The van der Waals surface area contributed by atoms with Gasteiger partial charge in [0.25, 0.3) is 11.6 Å². The van der Waals surface area contributed by atoms with Gasteiger partial charge in [-0.1, -0.05) is 6.07 Å². The van der Waals surface area contributed by atoms with Crippen molar-refractivity contribution in [2.75, 3.05) is 18.2 Å². The van der Waals surface area contributed by atoms with E-state index in [0.29, 0.717) is 5.69 Å². The lowest BCUT2D eigenvalue weighted by atomic mass is 10.2. The molecule has 0 radical (unpaired) electrons. The first-order chi connectivity index (χ1) is 17.0.